The molecule has 40 heavy (non-hydrogen) atoms. The number of carbonyl (C=O) groups excluding carboxylic acids is 2. The Balaban J connectivity index is 1.83. The van der Waals surface area contributed by atoms with Gasteiger partial charge in [-0.25, -0.2) is 13.6 Å². The Morgan fingerprint density at radius 3 is 2.73 bits per heavy atom. The van der Waals surface area contributed by atoms with Gasteiger partial charge in [0.25, 0.3) is 5.91 Å². The molecule has 0 bridgehead atoms. The largest absolute Gasteiger partial charge is 0.331 e. The van der Waals surface area contributed by atoms with Gasteiger partial charge >= 0.3 is 0 Å². The number of para-hydroxylation sites is 1. The van der Waals surface area contributed by atoms with Crippen molar-refractivity contribution in [3.63, 3.8) is 0 Å². The molecule has 0 radical (unpaired) electrons. The van der Waals surface area contributed by atoms with E-state index in [1.165, 1.54) is 6.07 Å². The minimum Gasteiger partial charge on any atom is -0.331 e. The van der Waals surface area contributed by atoms with Crippen molar-refractivity contribution < 1.29 is 18.2 Å². The second-order valence-electron chi connectivity index (χ2n) is 9.56. The lowest BCUT2D eigenvalue weighted by Crippen LogP contribution is -2.30. The molecular weight excluding hydrogens is 551 g/mol. The van der Waals surface area contributed by atoms with E-state index in [1.807, 2.05) is 37.3 Å². The molecule has 1 amide bonds. The molecule has 206 valence electrons. The van der Waals surface area contributed by atoms with E-state index in [0.29, 0.717) is 45.2 Å². The molecule has 0 aliphatic carbocycles. The SMILES string of the molecule is C/C=C\C=C(/C(=O)C1CN1)c1c(C(=O)NS(=O)CC)n(Cc2cc3ccccc3nc2Cl)c2cc(F)c(C)cc12. The molecule has 2 unspecified atom stereocenters. The van der Waals surface area contributed by atoms with Crippen molar-refractivity contribution in [3.05, 3.63) is 94.0 Å². The molecule has 0 spiro atoms. The lowest BCUT2D eigenvalue weighted by molar-refractivity contribution is -0.113. The fourth-order valence-electron chi connectivity index (χ4n) is 4.71. The number of pyridine rings is 1. The van der Waals surface area contributed by atoms with Crippen molar-refractivity contribution in [2.45, 2.75) is 33.4 Å². The number of nitrogens with zero attached hydrogens (tertiary/aromatic N) is 2. The van der Waals surface area contributed by atoms with Gasteiger partial charge < -0.3 is 9.88 Å². The van der Waals surface area contributed by atoms with Crippen molar-refractivity contribution in [2.75, 3.05) is 12.3 Å². The maximum absolute atomic E-state index is 15.1. The lowest BCUT2D eigenvalue weighted by Gasteiger charge is -2.14. The van der Waals surface area contributed by atoms with Gasteiger partial charge in [0.15, 0.2) is 5.78 Å². The first-order valence-electron chi connectivity index (χ1n) is 12.9. The normalized spacial score (nSPS) is 16.1. The minimum atomic E-state index is -1.66. The second kappa shape index (κ2) is 11.4. The summed E-state index contributed by atoms with van der Waals surface area (Å²) < 4.78 is 31.7. The summed E-state index contributed by atoms with van der Waals surface area (Å²) in [6.45, 7) is 5.72. The average molecular weight is 579 g/mol. The van der Waals surface area contributed by atoms with E-state index >= 15 is 4.39 Å². The number of hydrogen-bond acceptors (Lipinski definition) is 5. The summed E-state index contributed by atoms with van der Waals surface area (Å²) in [5, 5.41) is 4.65. The van der Waals surface area contributed by atoms with Crippen molar-refractivity contribution in [1.82, 2.24) is 19.6 Å². The fraction of sp³-hybridized carbons (Fsp3) is 0.233. The number of rotatable bonds is 9. The van der Waals surface area contributed by atoms with Crippen LogP contribution in [0, 0.1) is 12.7 Å². The molecule has 0 saturated carbocycles. The number of carbonyl (C=O) groups is 2. The minimum absolute atomic E-state index is 0.0595. The summed E-state index contributed by atoms with van der Waals surface area (Å²) in [7, 11) is -1.66. The first-order valence-corrected chi connectivity index (χ1v) is 14.6. The van der Waals surface area contributed by atoms with Crippen LogP contribution in [-0.4, -0.2) is 43.8 Å². The second-order valence-corrected chi connectivity index (χ2v) is 11.4. The average Bonchev–Trinajstić information content (AvgIpc) is 3.74. The number of halogens is 2. The Hall–Kier alpha value is -3.66. The third kappa shape index (κ3) is 5.37. The molecule has 1 aliphatic heterocycles. The van der Waals surface area contributed by atoms with Crippen LogP contribution in [0.15, 0.2) is 60.7 Å². The van der Waals surface area contributed by atoms with Gasteiger partial charge in [0.05, 0.1) is 23.6 Å². The number of nitrogens with one attached hydrogen (secondary N) is 2. The molecule has 1 aliphatic rings. The molecule has 2 aromatic carbocycles. The van der Waals surface area contributed by atoms with Crippen LogP contribution in [-0.2, 0) is 22.3 Å². The predicted octanol–water partition coefficient (Wildman–Crippen LogP) is 5.25. The van der Waals surface area contributed by atoms with Gasteiger partial charge in [0.2, 0.25) is 0 Å². The third-order valence-corrected chi connectivity index (χ3v) is 8.09. The fourth-order valence-corrected chi connectivity index (χ4v) is 5.36. The van der Waals surface area contributed by atoms with Gasteiger partial charge in [-0.1, -0.05) is 55.0 Å². The van der Waals surface area contributed by atoms with E-state index in [0.717, 1.165) is 5.39 Å². The van der Waals surface area contributed by atoms with E-state index in [9.17, 15) is 13.8 Å². The van der Waals surface area contributed by atoms with E-state index in [2.05, 4.69) is 15.0 Å². The monoisotopic (exact) mass is 578 g/mol. The molecule has 2 N–H and O–H groups in total. The van der Waals surface area contributed by atoms with Crippen LogP contribution in [0.2, 0.25) is 5.15 Å². The van der Waals surface area contributed by atoms with Crippen LogP contribution in [0.4, 0.5) is 4.39 Å². The Kier molecular flexibility index (Phi) is 7.98. The molecule has 2 atom stereocenters. The Bertz CT molecular complexity index is 1760. The van der Waals surface area contributed by atoms with Crippen LogP contribution >= 0.6 is 11.6 Å². The van der Waals surface area contributed by atoms with E-state index < -0.39 is 22.7 Å². The van der Waals surface area contributed by atoms with Crippen LogP contribution in [0.1, 0.15) is 41.0 Å². The summed E-state index contributed by atoms with van der Waals surface area (Å²) in [5.41, 5.74) is 2.83. The maximum atomic E-state index is 15.1. The predicted molar refractivity (Wildman–Crippen MR) is 158 cm³/mol. The summed E-state index contributed by atoms with van der Waals surface area (Å²) in [4.78, 5) is 31.9. The molecule has 5 rings (SSSR count). The summed E-state index contributed by atoms with van der Waals surface area (Å²) in [6, 6.07) is 12.0. The van der Waals surface area contributed by atoms with Crippen LogP contribution < -0.4 is 10.0 Å². The molecule has 7 nitrogen and oxygen atoms in total. The van der Waals surface area contributed by atoms with Crippen molar-refractivity contribution in [2.24, 2.45) is 0 Å². The van der Waals surface area contributed by atoms with Crippen LogP contribution in [0.5, 0.6) is 0 Å². The van der Waals surface area contributed by atoms with Crippen molar-refractivity contribution >= 4 is 61.7 Å². The Labute approximate surface area is 238 Å². The Morgan fingerprint density at radius 2 is 2.02 bits per heavy atom. The third-order valence-electron chi connectivity index (χ3n) is 6.82. The highest BCUT2D eigenvalue weighted by molar-refractivity contribution is 7.83. The highest BCUT2D eigenvalue weighted by Crippen LogP contribution is 2.36. The molecule has 4 aromatic rings. The number of amides is 1. The lowest BCUT2D eigenvalue weighted by atomic mass is 9.95. The number of allylic oxidation sites excluding steroid dienone is 3. The van der Waals surface area contributed by atoms with Crippen LogP contribution in [0.25, 0.3) is 27.4 Å². The van der Waals surface area contributed by atoms with E-state index in [4.69, 9.17) is 11.6 Å². The molecule has 2 aromatic heterocycles. The first-order chi connectivity index (χ1) is 19.2. The number of Topliss-reactive ketones (excluding diaryl/α,β-unsaturated/α-hetero) is 1. The van der Waals surface area contributed by atoms with Gasteiger partial charge in [-0.15, -0.1) is 0 Å². The van der Waals surface area contributed by atoms with Crippen molar-refractivity contribution in [3.8, 4) is 0 Å². The molecule has 10 heteroatoms. The number of aryl methyl sites for hydroxylation is 1. The standard InChI is InChI=1S/C30H28ClFN4O3S/c1-4-6-10-20(28(37)24-15-33-24)26-21-12-17(3)22(32)14-25(21)36(27(26)30(38)35-40(39)5-2)16-19-13-18-9-7-8-11-23(18)34-29(19)31/h4,6-14,24,33H,5,15-16H2,1-3H3,(H,35,38)/b6-4-,20-10-. The Morgan fingerprint density at radius 1 is 1.27 bits per heavy atom. The zero-order valence-electron chi connectivity index (χ0n) is 22.3. The smallest absolute Gasteiger partial charge is 0.280 e. The molecule has 1 saturated heterocycles. The highest BCUT2D eigenvalue weighted by Gasteiger charge is 2.36. The topological polar surface area (TPSA) is 103 Å². The van der Waals surface area contributed by atoms with Crippen LogP contribution in [0.3, 0.4) is 0 Å². The molecule has 3 heterocycles. The number of fused-ring (bicyclic) bond motifs is 2. The number of aromatic nitrogens is 2. The summed E-state index contributed by atoms with van der Waals surface area (Å²) in [5.74, 6) is -1.09. The number of ketones is 1. The first kappa shape index (κ1) is 27.9. The zero-order chi connectivity index (χ0) is 28.6. The molecule has 1 fully saturated rings. The van der Waals surface area contributed by atoms with Crippen molar-refractivity contribution in [1.29, 1.82) is 0 Å². The zero-order valence-corrected chi connectivity index (χ0v) is 23.8. The van der Waals surface area contributed by atoms with E-state index in [-0.39, 0.29) is 35.0 Å². The van der Waals surface area contributed by atoms with E-state index in [1.54, 1.807) is 42.7 Å². The van der Waals surface area contributed by atoms with Gasteiger partial charge in [-0.05, 0) is 43.7 Å². The molecular formula is C30H28ClFN4O3S. The van der Waals surface area contributed by atoms with Gasteiger partial charge in [0, 0.05) is 39.8 Å². The highest BCUT2D eigenvalue weighted by atomic mass is 35.5. The van der Waals surface area contributed by atoms with Gasteiger partial charge in [0.1, 0.15) is 27.6 Å². The number of benzene rings is 2. The van der Waals surface area contributed by atoms with Gasteiger partial charge in [-0.3, -0.25) is 14.3 Å². The summed E-state index contributed by atoms with van der Waals surface area (Å²) >= 11 is 6.61. The maximum Gasteiger partial charge on any atom is 0.280 e. The number of hydrogen-bond donors (Lipinski definition) is 2. The quantitative estimate of drug-likeness (QED) is 0.122. The van der Waals surface area contributed by atoms with Gasteiger partial charge in [-0.2, -0.15) is 0 Å². The summed E-state index contributed by atoms with van der Waals surface area (Å²) in [6.07, 6.45) is 5.17.